The molecule has 2 aromatic carbocycles. The monoisotopic (exact) mass is 277 g/mol. The van der Waals surface area contributed by atoms with Crippen molar-refractivity contribution in [2.24, 2.45) is 0 Å². The second-order valence-electron chi connectivity index (χ2n) is 4.88. The predicted molar refractivity (Wildman–Crippen MR) is 80.5 cm³/mol. The molecule has 4 heteroatoms. The number of rotatable bonds is 2. The molecule has 0 atom stereocenters. The summed E-state index contributed by atoms with van der Waals surface area (Å²) in [7, 11) is 0. The first-order chi connectivity index (χ1) is 10.2. The minimum Gasteiger partial charge on any atom is -0.478 e. The number of fused-ring (bicyclic) bond motifs is 2. The lowest BCUT2D eigenvalue weighted by molar-refractivity contribution is 0.0699. The molecule has 0 spiro atoms. The first kappa shape index (κ1) is 11.8. The average Bonchev–Trinajstić information content (AvgIpc) is 3.09. The zero-order valence-corrected chi connectivity index (χ0v) is 11.0. The summed E-state index contributed by atoms with van der Waals surface area (Å²) in [5.74, 6) is -0.219. The number of aromatic carboxylic acids is 1. The second-order valence-corrected chi connectivity index (χ2v) is 4.88. The summed E-state index contributed by atoms with van der Waals surface area (Å²) in [5, 5.41) is 11.1. The zero-order chi connectivity index (χ0) is 14.4. The van der Waals surface area contributed by atoms with Crippen LogP contribution in [0.1, 0.15) is 10.4 Å². The van der Waals surface area contributed by atoms with Crippen LogP contribution in [0.3, 0.4) is 0 Å². The Kier molecular flexibility index (Phi) is 2.38. The van der Waals surface area contributed by atoms with Gasteiger partial charge in [-0.3, -0.25) is 0 Å². The van der Waals surface area contributed by atoms with Gasteiger partial charge in [0.25, 0.3) is 0 Å². The molecule has 21 heavy (non-hydrogen) atoms. The molecular formula is C17H11NO3. The number of hydrogen-bond donors (Lipinski definition) is 2. The van der Waals surface area contributed by atoms with E-state index < -0.39 is 5.97 Å². The van der Waals surface area contributed by atoms with Gasteiger partial charge in [0.15, 0.2) is 0 Å². The molecule has 0 amide bonds. The summed E-state index contributed by atoms with van der Waals surface area (Å²) in [6.45, 7) is 0. The summed E-state index contributed by atoms with van der Waals surface area (Å²) in [4.78, 5) is 14.3. The van der Waals surface area contributed by atoms with Crippen molar-refractivity contribution >= 4 is 27.8 Å². The number of H-pyrrole nitrogens is 1. The molecule has 4 nitrogen and oxygen atoms in total. The Labute approximate surface area is 119 Å². The minimum absolute atomic E-state index is 0.259. The lowest BCUT2D eigenvalue weighted by atomic mass is 10.1. The third kappa shape index (κ3) is 1.73. The van der Waals surface area contributed by atoms with Crippen molar-refractivity contribution in [3.63, 3.8) is 0 Å². The Morgan fingerprint density at radius 2 is 1.95 bits per heavy atom. The molecule has 102 valence electrons. The molecule has 0 saturated carbocycles. The molecule has 2 aromatic heterocycles. The highest BCUT2D eigenvalue weighted by Gasteiger charge is 2.15. The number of aromatic amines is 1. The van der Waals surface area contributed by atoms with Gasteiger partial charge < -0.3 is 14.5 Å². The van der Waals surface area contributed by atoms with E-state index in [0.717, 1.165) is 27.7 Å². The maximum absolute atomic E-state index is 11.3. The van der Waals surface area contributed by atoms with E-state index in [-0.39, 0.29) is 5.56 Å². The molecule has 0 fully saturated rings. The largest absolute Gasteiger partial charge is 0.478 e. The van der Waals surface area contributed by atoms with Gasteiger partial charge in [-0.1, -0.05) is 30.3 Å². The highest BCUT2D eigenvalue weighted by molar-refractivity contribution is 6.07. The molecule has 2 heterocycles. The summed E-state index contributed by atoms with van der Waals surface area (Å²) in [6.07, 6.45) is 1.79. The lowest BCUT2D eigenvalue weighted by Crippen LogP contribution is -1.96. The van der Waals surface area contributed by atoms with Crippen molar-refractivity contribution in [3.05, 3.63) is 60.3 Å². The van der Waals surface area contributed by atoms with Crippen molar-refractivity contribution in [1.82, 2.24) is 4.98 Å². The van der Waals surface area contributed by atoms with Gasteiger partial charge in [-0.2, -0.15) is 0 Å². The minimum atomic E-state index is -0.946. The molecule has 4 aromatic rings. The molecule has 0 bridgehead atoms. The maximum Gasteiger partial charge on any atom is 0.337 e. The SMILES string of the molecule is O=C(O)c1cccc2c(-c3cc4ccccc4o3)c[nH]c12. The Hall–Kier alpha value is -3.01. The normalized spacial score (nSPS) is 11.2. The number of para-hydroxylation sites is 2. The smallest absolute Gasteiger partial charge is 0.337 e. The summed E-state index contributed by atoms with van der Waals surface area (Å²) in [5.41, 5.74) is 2.55. The molecule has 0 aliphatic heterocycles. The fourth-order valence-corrected chi connectivity index (χ4v) is 2.65. The number of benzene rings is 2. The van der Waals surface area contributed by atoms with E-state index in [1.807, 2.05) is 36.4 Å². The molecule has 0 saturated heterocycles. The van der Waals surface area contributed by atoms with E-state index in [1.165, 1.54) is 0 Å². The van der Waals surface area contributed by atoms with Gasteiger partial charge in [0.2, 0.25) is 0 Å². The van der Waals surface area contributed by atoms with E-state index in [1.54, 1.807) is 18.3 Å². The standard InChI is InChI=1S/C17H11NO3/c19-17(20)12-6-3-5-11-13(9-18-16(11)12)15-8-10-4-1-2-7-14(10)21-15/h1-9,18H,(H,19,20). The molecule has 0 aliphatic rings. The van der Waals surface area contributed by atoms with Gasteiger partial charge in [-0.25, -0.2) is 4.79 Å². The quantitative estimate of drug-likeness (QED) is 0.574. The average molecular weight is 277 g/mol. The van der Waals surface area contributed by atoms with Crippen LogP contribution in [-0.2, 0) is 0 Å². The van der Waals surface area contributed by atoms with Crippen LogP contribution in [0.2, 0.25) is 0 Å². The van der Waals surface area contributed by atoms with Gasteiger partial charge >= 0.3 is 5.97 Å². The summed E-state index contributed by atoms with van der Waals surface area (Å²) >= 11 is 0. The molecule has 0 aliphatic carbocycles. The van der Waals surface area contributed by atoms with Crippen molar-refractivity contribution in [2.45, 2.75) is 0 Å². The Morgan fingerprint density at radius 3 is 2.76 bits per heavy atom. The van der Waals surface area contributed by atoms with Crippen LogP contribution >= 0.6 is 0 Å². The van der Waals surface area contributed by atoms with Crippen LogP contribution in [0.4, 0.5) is 0 Å². The Bertz CT molecular complexity index is 945. The van der Waals surface area contributed by atoms with Crippen molar-refractivity contribution in [3.8, 4) is 11.3 Å². The van der Waals surface area contributed by atoms with Gasteiger partial charge in [0.05, 0.1) is 11.1 Å². The predicted octanol–water partition coefficient (Wildman–Crippen LogP) is 4.28. The number of carbonyl (C=O) groups is 1. The van der Waals surface area contributed by atoms with Crippen molar-refractivity contribution < 1.29 is 14.3 Å². The molecule has 0 unspecified atom stereocenters. The van der Waals surface area contributed by atoms with E-state index in [4.69, 9.17) is 4.42 Å². The first-order valence-corrected chi connectivity index (χ1v) is 6.56. The number of carboxylic acid groups (broad SMARTS) is 1. The third-order valence-electron chi connectivity index (χ3n) is 3.64. The number of hydrogen-bond acceptors (Lipinski definition) is 2. The number of aromatic nitrogens is 1. The number of carboxylic acids is 1. The van der Waals surface area contributed by atoms with Crippen molar-refractivity contribution in [1.29, 1.82) is 0 Å². The van der Waals surface area contributed by atoms with Crippen LogP contribution in [0.5, 0.6) is 0 Å². The third-order valence-corrected chi connectivity index (χ3v) is 3.64. The van der Waals surface area contributed by atoms with E-state index in [9.17, 15) is 9.90 Å². The van der Waals surface area contributed by atoms with Gasteiger partial charge in [-0.05, 0) is 18.2 Å². The summed E-state index contributed by atoms with van der Waals surface area (Å²) < 4.78 is 5.85. The van der Waals surface area contributed by atoms with E-state index in [2.05, 4.69) is 4.98 Å². The highest BCUT2D eigenvalue weighted by Crippen LogP contribution is 2.33. The zero-order valence-electron chi connectivity index (χ0n) is 11.0. The fourth-order valence-electron chi connectivity index (χ4n) is 2.65. The van der Waals surface area contributed by atoms with Crippen molar-refractivity contribution in [2.75, 3.05) is 0 Å². The number of nitrogens with one attached hydrogen (secondary N) is 1. The van der Waals surface area contributed by atoms with Crippen LogP contribution in [0.15, 0.2) is 59.1 Å². The topological polar surface area (TPSA) is 66.2 Å². The molecule has 2 N–H and O–H groups in total. The summed E-state index contributed by atoms with van der Waals surface area (Å²) in [6, 6.07) is 15.0. The fraction of sp³-hybridized carbons (Fsp3) is 0. The molecule has 0 radical (unpaired) electrons. The van der Waals surface area contributed by atoms with Crippen LogP contribution in [-0.4, -0.2) is 16.1 Å². The lowest BCUT2D eigenvalue weighted by Gasteiger charge is -1.98. The van der Waals surface area contributed by atoms with Crippen LogP contribution in [0.25, 0.3) is 33.2 Å². The van der Waals surface area contributed by atoms with Gasteiger partial charge in [0.1, 0.15) is 11.3 Å². The second kappa shape index (κ2) is 4.24. The Balaban J connectivity index is 1.98. The van der Waals surface area contributed by atoms with E-state index in [0.29, 0.717) is 5.52 Å². The van der Waals surface area contributed by atoms with Gasteiger partial charge in [-0.15, -0.1) is 0 Å². The highest BCUT2D eigenvalue weighted by atomic mass is 16.4. The van der Waals surface area contributed by atoms with Gasteiger partial charge in [0, 0.05) is 22.5 Å². The van der Waals surface area contributed by atoms with E-state index >= 15 is 0 Å². The molecular weight excluding hydrogens is 266 g/mol. The van der Waals surface area contributed by atoms with Crippen LogP contribution in [0, 0.1) is 0 Å². The number of furan rings is 1. The molecule has 4 rings (SSSR count). The Morgan fingerprint density at radius 1 is 1.10 bits per heavy atom. The van der Waals surface area contributed by atoms with Crippen LogP contribution < -0.4 is 0 Å². The maximum atomic E-state index is 11.3. The first-order valence-electron chi connectivity index (χ1n) is 6.56.